The minimum Gasteiger partial charge on any atom is -0.354 e. The van der Waals surface area contributed by atoms with Gasteiger partial charge >= 0.3 is 0 Å². The predicted octanol–water partition coefficient (Wildman–Crippen LogP) is 3.98. The van der Waals surface area contributed by atoms with Crippen molar-refractivity contribution >= 4 is 10.9 Å². The molecule has 0 amide bonds. The summed E-state index contributed by atoms with van der Waals surface area (Å²) in [4.78, 5) is 19.1. The lowest BCUT2D eigenvalue weighted by Gasteiger charge is -2.15. The van der Waals surface area contributed by atoms with Gasteiger partial charge in [0.2, 0.25) is 6.54 Å². The Morgan fingerprint density at radius 2 is 1.88 bits per heavy atom. The number of rotatable bonds is 5. The third-order valence-electron chi connectivity index (χ3n) is 4.66. The zero-order valence-corrected chi connectivity index (χ0v) is 14.3. The van der Waals surface area contributed by atoms with Crippen molar-refractivity contribution < 1.29 is 4.92 Å². The van der Waals surface area contributed by atoms with E-state index in [9.17, 15) is 10.1 Å². The van der Waals surface area contributed by atoms with E-state index < -0.39 is 5.92 Å². The molecule has 4 rings (SSSR count). The Balaban J connectivity index is 2.01. The summed E-state index contributed by atoms with van der Waals surface area (Å²) >= 11 is 0. The van der Waals surface area contributed by atoms with E-state index >= 15 is 0 Å². The van der Waals surface area contributed by atoms with Gasteiger partial charge in [-0.3, -0.25) is 10.1 Å². The Morgan fingerprint density at radius 1 is 1.15 bits per heavy atom. The number of aromatic nitrogens is 3. The lowest BCUT2D eigenvalue weighted by molar-refractivity contribution is -0.482. The number of aromatic amines is 1. The fourth-order valence-electron chi connectivity index (χ4n) is 3.52. The molecule has 1 atom stereocenters. The molecular weight excluding hydrogens is 328 g/mol. The number of benzene rings is 2. The molecule has 6 heteroatoms. The first-order chi connectivity index (χ1) is 12.6. The molecule has 0 radical (unpaired) electrons. The van der Waals surface area contributed by atoms with Crippen molar-refractivity contribution in [3.8, 4) is 11.3 Å². The largest absolute Gasteiger partial charge is 0.354 e. The zero-order chi connectivity index (χ0) is 18.1. The van der Waals surface area contributed by atoms with Gasteiger partial charge in [-0.15, -0.1) is 0 Å². The number of fused-ring (bicyclic) bond motifs is 1. The Bertz CT molecular complexity index is 1070. The maximum atomic E-state index is 11.5. The van der Waals surface area contributed by atoms with E-state index in [0.717, 1.165) is 27.7 Å². The first-order valence-corrected chi connectivity index (χ1v) is 8.40. The van der Waals surface area contributed by atoms with Crippen LogP contribution in [0.3, 0.4) is 0 Å². The molecular formula is C20H18N4O2. The molecule has 2 aromatic heterocycles. The van der Waals surface area contributed by atoms with Gasteiger partial charge in [-0.05, 0) is 11.6 Å². The minimum absolute atomic E-state index is 0.216. The van der Waals surface area contributed by atoms with Crippen LogP contribution in [0, 0.1) is 10.1 Å². The van der Waals surface area contributed by atoms with Crippen LogP contribution in [0.4, 0.5) is 0 Å². The first kappa shape index (κ1) is 16.1. The highest BCUT2D eigenvalue weighted by Gasteiger charge is 2.30. The van der Waals surface area contributed by atoms with Crippen molar-refractivity contribution in [2.24, 2.45) is 7.05 Å². The average molecular weight is 346 g/mol. The molecule has 1 unspecified atom stereocenters. The smallest absolute Gasteiger partial charge is 0.217 e. The summed E-state index contributed by atoms with van der Waals surface area (Å²) in [6.07, 6.45) is 3.50. The number of para-hydroxylation sites is 1. The maximum Gasteiger partial charge on any atom is 0.217 e. The summed E-state index contributed by atoms with van der Waals surface area (Å²) in [6.45, 7) is -0.216. The van der Waals surface area contributed by atoms with Gasteiger partial charge in [-0.2, -0.15) is 0 Å². The molecule has 26 heavy (non-hydrogen) atoms. The number of imidazole rings is 1. The number of nitrogens with one attached hydrogen (secondary N) is 1. The summed E-state index contributed by atoms with van der Waals surface area (Å²) in [5.41, 5.74) is 3.78. The maximum absolute atomic E-state index is 11.5. The highest BCUT2D eigenvalue weighted by atomic mass is 16.6. The predicted molar refractivity (Wildman–Crippen MR) is 101 cm³/mol. The van der Waals surface area contributed by atoms with E-state index in [1.807, 2.05) is 72.4 Å². The first-order valence-electron chi connectivity index (χ1n) is 8.40. The van der Waals surface area contributed by atoms with E-state index in [1.165, 1.54) is 0 Å². The van der Waals surface area contributed by atoms with Gasteiger partial charge in [-0.1, -0.05) is 48.5 Å². The second kappa shape index (κ2) is 6.48. The third kappa shape index (κ3) is 2.75. The molecule has 130 valence electrons. The highest BCUT2D eigenvalue weighted by molar-refractivity contribution is 5.91. The number of hydrogen-bond acceptors (Lipinski definition) is 3. The summed E-state index contributed by atoms with van der Waals surface area (Å²) in [5.74, 6) is 0.236. The molecule has 4 aromatic rings. The van der Waals surface area contributed by atoms with Gasteiger partial charge < -0.3 is 9.55 Å². The number of aryl methyl sites for hydroxylation is 1. The summed E-state index contributed by atoms with van der Waals surface area (Å²) < 4.78 is 1.85. The number of nitro groups is 1. The van der Waals surface area contributed by atoms with Gasteiger partial charge in [0, 0.05) is 40.8 Å². The van der Waals surface area contributed by atoms with E-state index in [4.69, 9.17) is 0 Å². The average Bonchev–Trinajstić information content (AvgIpc) is 3.24. The monoisotopic (exact) mass is 346 g/mol. The Hall–Kier alpha value is -3.41. The second-order valence-corrected chi connectivity index (χ2v) is 6.29. The molecule has 0 aliphatic rings. The van der Waals surface area contributed by atoms with Crippen molar-refractivity contribution in [3.05, 3.63) is 88.5 Å². The number of hydrogen-bond donors (Lipinski definition) is 1. The minimum atomic E-state index is -0.448. The van der Waals surface area contributed by atoms with E-state index in [2.05, 4.69) is 9.97 Å². The Labute approximate surface area is 150 Å². The van der Waals surface area contributed by atoms with Gasteiger partial charge in [0.25, 0.3) is 0 Å². The molecule has 2 heterocycles. The van der Waals surface area contributed by atoms with Gasteiger partial charge in [-0.25, -0.2) is 4.98 Å². The molecule has 0 bridgehead atoms. The Morgan fingerprint density at radius 3 is 2.58 bits per heavy atom. The van der Waals surface area contributed by atoms with Crippen LogP contribution in [0.15, 0.2) is 67.0 Å². The van der Waals surface area contributed by atoms with Crippen LogP contribution in [-0.2, 0) is 7.05 Å². The molecule has 0 saturated carbocycles. The molecule has 0 aliphatic carbocycles. The van der Waals surface area contributed by atoms with Crippen molar-refractivity contribution in [3.63, 3.8) is 0 Å². The lowest BCUT2D eigenvalue weighted by atomic mass is 9.92. The molecule has 0 fully saturated rings. The van der Waals surface area contributed by atoms with Crippen LogP contribution in [0.1, 0.15) is 17.3 Å². The molecule has 0 saturated heterocycles. The third-order valence-corrected chi connectivity index (χ3v) is 4.66. The number of nitrogens with zero attached hydrogens (tertiary/aromatic N) is 3. The van der Waals surface area contributed by atoms with E-state index in [1.54, 1.807) is 6.20 Å². The van der Waals surface area contributed by atoms with Crippen molar-refractivity contribution in [2.45, 2.75) is 5.92 Å². The summed E-state index contributed by atoms with van der Waals surface area (Å²) in [6, 6.07) is 17.8. The molecule has 6 nitrogen and oxygen atoms in total. The SMILES string of the molecule is Cn1ccnc1C(C[N+](=O)[O-])c1c(-c2ccccc2)[nH]c2ccccc12. The molecule has 1 N–H and O–H groups in total. The fraction of sp³-hybridized carbons (Fsp3) is 0.150. The summed E-state index contributed by atoms with van der Waals surface area (Å²) in [5, 5.41) is 12.4. The van der Waals surface area contributed by atoms with Crippen LogP contribution in [0.25, 0.3) is 22.2 Å². The Kier molecular flexibility index (Phi) is 4.01. The fourth-order valence-corrected chi connectivity index (χ4v) is 3.52. The molecule has 0 aliphatic heterocycles. The molecule has 2 aromatic carbocycles. The normalized spacial score (nSPS) is 12.3. The summed E-state index contributed by atoms with van der Waals surface area (Å²) in [7, 11) is 1.87. The molecule has 0 spiro atoms. The quantitative estimate of drug-likeness (QED) is 0.439. The second-order valence-electron chi connectivity index (χ2n) is 6.29. The van der Waals surface area contributed by atoms with Crippen LogP contribution in [0.2, 0.25) is 0 Å². The van der Waals surface area contributed by atoms with Gasteiger partial charge in [0.15, 0.2) is 0 Å². The zero-order valence-electron chi connectivity index (χ0n) is 14.3. The van der Waals surface area contributed by atoms with E-state index in [-0.39, 0.29) is 11.5 Å². The highest BCUT2D eigenvalue weighted by Crippen LogP contribution is 2.38. The van der Waals surface area contributed by atoms with Crippen molar-refractivity contribution in [1.29, 1.82) is 0 Å². The van der Waals surface area contributed by atoms with Gasteiger partial charge in [0.1, 0.15) is 11.7 Å². The van der Waals surface area contributed by atoms with Crippen LogP contribution >= 0.6 is 0 Å². The van der Waals surface area contributed by atoms with Crippen LogP contribution < -0.4 is 0 Å². The van der Waals surface area contributed by atoms with Gasteiger partial charge in [0.05, 0.1) is 5.69 Å². The van der Waals surface area contributed by atoms with E-state index in [0.29, 0.717) is 5.82 Å². The van der Waals surface area contributed by atoms with Crippen LogP contribution in [-0.4, -0.2) is 26.0 Å². The van der Waals surface area contributed by atoms with Crippen molar-refractivity contribution in [1.82, 2.24) is 14.5 Å². The topological polar surface area (TPSA) is 76.8 Å². The van der Waals surface area contributed by atoms with Crippen LogP contribution in [0.5, 0.6) is 0 Å². The lowest BCUT2D eigenvalue weighted by Crippen LogP contribution is -2.18. The van der Waals surface area contributed by atoms with Crippen molar-refractivity contribution in [2.75, 3.05) is 6.54 Å². The number of H-pyrrole nitrogens is 1. The standard InChI is InChI=1S/C20H18N4O2/c1-23-12-11-21-20(23)16(13-24(25)26)18-15-9-5-6-10-17(15)22-19(18)14-7-3-2-4-8-14/h2-12,16,22H,13H2,1H3.